The lowest BCUT2D eigenvalue weighted by atomic mass is 10.1. The zero-order valence-electron chi connectivity index (χ0n) is 12.3. The minimum absolute atomic E-state index is 0.125. The topological polar surface area (TPSA) is 61.2 Å². The first kappa shape index (κ1) is 15.4. The zero-order chi connectivity index (χ0) is 16.4. The van der Waals surface area contributed by atoms with Crippen molar-refractivity contribution in [3.05, 3.63) is 74.7 Å². The lowest BCUT2D eigenvalue weighted by molar-refractivity contribution is 0.0600. The van der Waals surface area contributed by atoms with Crippen molar-refractivity contribution >= 4 is 32.8 Å². The van der Waals surface area contributed by atoms with Gasteiger partial charge in [-0.05, 0) is 35.9 Å². The van der Waals surface area contributed by atoms with E-state index in [2.05, 4.69) is 20.9 Å². The highest BCUT2D eigenvalue weighted by molar-refractivity contribution is 9.10. The van der Waals surface area contributed by atoms with Crippen molar-refractivity contribution in [2.24, 2.45) is 0 Å². The summed E-state index contributed by atoms with van der Waals surface area (Å²) in [4.78, 5) is 28.5. The number of esters is 1. The molecule has 0 bridgehead atoms. The van der Waals surface area contributed by atoms with Gasteiger partial charge in [-0.25, -0.2) is 9.78 Å². The van der Waals surface area contributed by atoms with Gasteiger partial charge in [-0.15, -0.1) is 0 Å². The Hall–Kier alpha value is -2.47. The molecule has 1 heterocycles. The molecule has 0 saturated heterocycles. The van der Waals surface area contributed by atoms with Gasteiger partial charge in [-0.1, -0.05) is 28.1 Å². The molecule has 5 nitrogen and oxygen atoms in total. The van der Waals surface area contributed by atoms with E-state index in [-0.39, 0.29) is 5.56 Å². The molecule has 6 heteroatoms. The SMILES string of the molecule is COC(=O)c1cccc(Cn2cnc3ccc(Br)cc3c2=O)c1. The Morgan fingerprint density at radius 3 is 2.87 bits per heavy atom. The fourth-order valence-corrected chi connectivity index (χ4v) is 2.72. The molecule has 0 unspecified atom stereocenters. The van der Waals surface area contributed by atoms with Crippen LogP contribution in [0.3, 0.4) is 0 Å². The number of benzene rings is 2. The molecule has 0 aliphatic heterocycles. The Morgan fingerprint density at radius 1 is 1.26 bits per heavy atom. The Bertz CT molecular complexity index is 950. The van der Waals surface area contributed by atoms with Crippen LogP contribution in [0, 0.1) is 0 Å². The van der Waals surface area contributed by atoms with Crippen molar-refractivity contribution in [1.29, 1.82) is 0 Å². The number of hydrogen-bond acceptors (Lipinski definition) is 4. The van der Waals surface area contributed by atoms with E-state index in [4.69, 9.17) is 4.74 Å². The largest absolute Gasteiger partial charge is 0.465 e. The maximum atomic E-state index is 12.6. The van der Waals surface area contributed by atoms with Crippen LogP contribution < -0.4 is 5.56 Å². The van der Waals surface area contributed by atoms with E-state index >= 15 is 0 Å². The minimum atomic E-state index is -0.403. The molecule has 0 atom stereocenters. The average Bonchev–Trinajstić information content (AvgIpc) is 2.57. The first-order chi connectivity index (χ1) is 11.1. The van der Waals surface area contributed by atoms with Crippen LogP contribution in [0.4, 0.5) is 0 Å². The van der Waals surface area contributed by atoms with Crippen LogP contribution in [-0.4, -0.2) is 22.6 Å². The summed E-state index contributed by atoms with van der Waals surface area (Å²) in [6.07, 6.45) is 1.52. The highest BCUT2D eigenvalue weighted by Gasteiger charge is 2.08. The van der Waals surface area contributed by atoms with Gasteiger partial charge in [-0.3, -0.25) is 9.36 Å². The lowest BCUT2D eigenvalue weighted by Crippen LogP contribution is -2.21. The van der Waals surface area contributed by atoms with E-state index < -0.39 is 5.97 Å². The number of carbonyl (C=O) groups excluding carboxylic acids is 1. The molecule has 116 valence electrons. The molecule has 0 amide bonds. The number of ether oxygens (including phenoxy) is 1. The number of aromatic nitrogens is 2. The van der Waals surface area contributed by atoms with Gasteiger partial charge in [0.2, 0.25) is 0 Å². The summed E-state index contributed by atoms with van der Waals surface area (Å²) >= 11 is 3.36. The van der Waals surface area contributed by atoms with E-state index in [0.29, 0.717) is 23.0 Å². The number of nitrogens with zero attached hydrogens (tertiary/aromatic N) is 2. The highest BCUT2D eigenvalue weighted by Crippen LogP contribution is 2.15. The second-order valence-corrected chi connectivity index (χ2v) is 5.95. The zero-order valence-corrected chi connectivity index (χ0v) is 13.9. The molecule has 0 saturated carbocycles. The minimum Gasteiger partial charge on any atom is -0.465 e. The monoisotopic (exact) mass is 372 g/mol. The molecule has 0 aliphatic rings. The van der Waals surface area contributed by atoms with Crippen LogP contribution in [-0.2, 0) is 11.3 Å². The number of halogens is 1. The molecular formula is C17H13BrN2O3. The van der Waals surface area contributed by atoms with Crippen molar-refractivity contribution in [3.8, 4) is 0 Å². The number of fused-ring (bicyclic) bond motifs is 1. The summed E-state index contributed by atoms with van der Waals surface area (Å²) in [6, 6.07) is 12.4. The number of rotatable bonds is 3. The molecular weight excluding hydrogens is 360 g/mol. The second kappa shape index (κ2) is 6.34. The number of hydrogen-bond donors (Lipinski definition) is 0. The highest BCUT2D eigenvalue weighted by atomic mass is 79.9. The molecule has 3 rings (SSSR count). The quantitative estimate of drug-likeness (QED) is 0.663. The second-order valence-electron chi connectivity index (χ2n) is 5.03. The van der Waals surface area contributed by atoms with Gasteiger partial charge >= 0.3 is 5.97 Å². The molecule has 1 aromatic heterocycles. The molecule has 23 heavy (non-hydrogen) atoms. The van der Waals surface area contributed by atoms with Crippen LogP contribution in [0.25, 0.3) is 10.9 Å². The third kappa shape index (κ3) is 3.17. The van der Waals surface area contributed by atoms with Gasteiger partial charge in [0.15, 0.2) is 0 Å². The molecule has 0 fully saturated rings. The predicted molar refractivity (Wildman–Crippen MR) is 90.6 cm³/mol. The maximum Gasteiger partial charge on any atom is 0.337 e. The van der Waals surface area contributed by atoms with Crippen molar-refractivity contribution in [1.82, 2.24) is 9.55 Å². The van der Waals surface area contributed by atoms with Gasteiger partial charge in [0.1, 0.15) is 0 Å². The van der Waals surface area contributed by atoms with E-state index in [1.165, 1.54) is 18.0 Å². The Labute approximate surface area is 140 Å². The normalized spacial score (nSPS) is 10.7. The Kier molecular flexibility index (Phi) is 4.25. The third-order valence-corrected chi connectivity index (χ3v) is 3.98. The van der Waals surface area contributed by atoms with E-state index in [0.717, 1.165) is 10.0 Å². The van der Waals surface area contributed by atoms with E-state index in [1.54, 1.807) is 30.3 Å². The third-order valence-electron chi connectivity index (χ3n) is 3.49. The number of methoxy groups -OCH3 is 1. The molecule has 0 radical (unpaired) electrons. The fraction of sp³-hybridized carbons (Fsp3) is 0.118. The van der Waals surface area contributed by atoms with Gasteiger partial charge in [0.25, 0.3) is 5.56 Å². The molecule has 3 aromatic rings. The van der Waals surface area contributed by atoms with Crippen molar-refractivity contribution in [2.45, 2.75) is 6.54 Å². The maximum absolute atomic E-state index is 12.6. The lowest BCUT2D eigenvalue weighted by Gasteiger charge is -2.08. The standard InChI is InChI=1S/C17H13BrN2O3/c1-23-17(22)12-4-2-3-11(7-12)9-20-10-19-15-6-5-13(18)8-14(15)16(20)21/h2-8,10H,9H2,1H3. The van der Waals surface area contributed by atoms with Gasteiger partial charge in [-0.2, -0.15) is 0 Å². The van der Waals surface area contributed by atoms with Crippen molar-refractivity contribution in [3.63, 3.8) is 0 Å². The summed E-state index contributed by atoms with van der Waals surface area (Å²) in [5.74, 6) is -0.403. The summed E-state index contributed by atoms with van der Waals surface area (Å²) in [7, 11) is 1.34. The van der Waals surface area contributed by atoms with Gasteiger partial charge in [0, 0.05) is 4.47 Å². The van der Waals surface area contributed by atoms with Crippen LogP contribution in [0.1, 0.15) is 15.9 Å². The first-order valence-electron chi connectivity index (χ1n) is 6.90. The Morgan fingerprint density at radius 2 is 2.09 bits per heavy atom. The van der Waals surface area contributed by atoms with Crippen LogP contribution in [0.2, 0.25) is 0 Å². The molecule has 2 aromatic carbocycles. The van der Waals surface area contributed by atoms with Gasteiger partial charge in [0.05, 0.1) is 36.4 Å². The number of carbonyl (C=O) groups is 1. The summed E-state index contributed by atoms with van der Waals surface area (Å²) in [5.41, 5.74) is 1.80. The van der Waals surface area contributed by atoms with E-state index in [9.17, 15) is 9.59 Å². The van der Waals surface area contributed by atoms with Crippen LogP contribution in [0.15, 0.2) is 58.1 Å². The molecule has 0 spiro atoms. The summed E-state index contributed by atoms with van der Waals surface area (Å²) in [6.45, 7) is 0.332. The van der Waals surface area contributed by atoms with Crippen molar-refractivity contribution < 1.29 is 9.53 Å². The van der Waals surface area contributed by atoms with Gasteiger partial charge < -0.3 is 4.74 Å². The van der Waals surface area contributed by atoms with Crippen LogP contribution >= 0.6 is 15.9 Å². The van der Waals surface area contributed by atoms with Crippen LogP contribution in [0.5, 0.6) is 0 Å². The molecule has 0 aliphatic carbocycles. The smallest absolute Gasteiger partial charge is 0.337 e. The van der Waals surface area contributed by atoms with Crippen molar-refractivity contribution in [2.75, 3.05) is 7.11 Å². The predicted octanol–water partition coefficient (Wildman–Crippen LogP) is 2.99. The first-order valence-corrected chi connectivity index (χ1v) is 7.70. The van der Waals surface area contributed by atoms with E-state index in [1.807, 2.05) is 12.1 Å². The summed E-state index contributed by atoms with van der Waals surface area (Å²) < 4.78 is 7.06. The Balaban J connectivity index is 2.00. The summed E-state index contributed by atoms with van der Waals surface area (Å²) in [5, 5.41) is 0.547. The fourth-order valence-electron chi connectivity index (χ4n) is 2.36. The average molecular weight is 373 g/mol. The molecule has 0 N–H and O–H groups in total.